The molecule has 2 aromatic carbocycles. The molecule has 0 spiro atoms. The summed E-state index contributed by atoms with van der Waals surface area (Å²) < 4.78 is 7.90. The largest absolute Gasteiger partial charge is 0.465 e. The van der Waals surface area contributed by atoms with E-state index in [9.17, 15) is 9.59 Å². The maximum atomic E-state index is 13.5. The number of fused-ring (bicyclic) bond motifs is 1. The van der Waals surface area contributed by atoms with Crippen LogP contribution in [0.15, 0.2) is 35.1 Å². The number of hydrogen-bond donors (Lipinski definition) is 0. The highest BCUT2D eigenvalue weighted by atomic mass is 35.5. The maximum absolute atomic E-state index is 13.5. The van der Waals surface area contributed by atoms with Crippen LogP contribution in [0.4, 0.5) is 0 Å². The van der Waals surface area contributed by atoms with Crippen molar-refractivity contribution in [2.24, 2.45) is 0 Å². The number of imidazole rings is 1. The first-order valence-corrected chi connectivity index (χ1v) is 10.7. The number of rotatable bonds is 7. The number of aromatic nitrogens is 2. The van der Waals surface area contributed by atoms with Gasteiger partial charge in [-0.1, -0.05) is 48.7 Å². The normalized spacial score (nSPS) is 11.4. The van der Waals surface area contributed by atoms with E-state index < -0.39 is 5.97 Å². The lowest BCUT2D eigenvalue weighted by atomic mass is 10.2. The summed E-state index contributed by atoms with van der Waals surface area (Å²) in [7, 11) is 1.30. The molecule has 1 aromatic heterocycles. The molecule has 6 nitrogen and oxygen atoms in total. The van der Waals surface area contributed by atoms with Crippen molar-refractivity contribution >= 4 is 51.8 Å². The van der Waals surface area contributed by atoms with Crippen LogP contribution in [0.5, 0.6) is 0 Å². The van der Waals surface area contributed by atoms with Gasteiger partial charge in [-0.15, -0.1) is 0 Å². The summed E-state index contributed by atoms with van der Waals surface area (Å²) in [5, 5.41) is 1.03. The highest BCUT2D eigenvalue weighted by molar-refractivity contribution is 6.37. The SMILES string of the molecule is CCN(CC)CCn1c(=O)n(-c2ccc(Cl)cc2Cl)c2c(Cl)cc(C(=O)OC)cc21. The molecule has 30 heavy (non-hydrogen) atoms. The third-order valence-electron chi connectivity index (χ3n) is 5.09. The fourth-order valence-electron chi connectivity index (χ4n) is 3.45. The van der Waals surface area contributed by atoms with E-state index in [1.54, 1.807) is 28.8 Å². The molecule has 0 aliphatic carbocycles. The van der Waals surface area contributed by atoms with E-state index in [0.29, 0.717) is 39.9 Å². The molecule has 3 rings (SSSR count). The van der Waals surface area contributed by atoms with Crippen molar-refractivity contribution in [3.8, 4) is 5.69 Å². The molecule has 0 saturated carbocycles. The van der Waals surface area contributed by atoms with Crippen LogP contribution < -0.4 is 5.69 Å². The van der Waals surface area contributed by atoms with Crippen LogP contribution in [-0.4, -0.2) is 46.7 Å². The van der Waals surface area contributed by atoms with Crippen molar-refractivity contribution in [1.29, 1.82) is 0 Å². The minimum absolute atomic E-state index is 0.248. The van der Waals surface area contributed by atoms with E-state index in [1.807, 2.05) is 0 Å². The molecular weight excluding hydrogens is 449 g/mol. The van der Waals surface area contributed by atoms with Gasteiger partial charge in [0.2, 0.25) is 0 Å². The second-order valence-electron chi connectivity index (χ2n) is 6.71. The fraction of sp³-hybridized carbons (Fsp3) is 0.333. The van der Waals surface area contributed by atoms with Crippen molar-refractivity contribution < 1.29 is 9.53 Å². The van der Waals surface area contributed by atoms with Crippen LogP contribution in [0.1, 0.15) is 24.2 Å². The highest BCUT2D eigenvalue weighted by Crippen LogP contribution is 2.31. The van der Waals surface area contributed by atoms with E-state index in [4.69, 9.17) is 39.5 Å². The smallest absolute Gasteiger partial charge is 0.337 e. The van der Waals surface area contributed by atoms with Crippen LogP contribution in [-0.2, 0) is 11.3 Å². The molecule has 0 aliphatic rings. The van der Waals surface area contributed by atoms with Gasteiger partial charge in [0.1, 0.15) is 0 Å². The lowest BCUT2D eigenvalue weighted by molar-refractivity contribution is 0.0601. The Balaban J connectivity index is 2.30. The molecule has 0 N–H and O–H groups in total. The second-order valence-corrected chi connectivity index (χ2v) is 7.96. The highest BCUT2D eigenvalue weighted by Gasteiger charge is 2.22. The van der Waals surface area contributed by atoms with Gasteiger partial charge in [0, 0.05) is 18.1 Å². The number of likely N-dealkylation sites (N-methyl/N-ethyl adjacent to an activating group) is 1. The summed E-state index contributed by atoms with van der Waals surface area (Å²) in [5.74, 6) is -0.529. The number of benzene rings is 2. The van der Waals surface area contributed by atoms with E-state index in [1.165, 1.54) is 17.7 Å². The molecule has 0 radical (unpaired) electrons. The Bertz CT molecular complexity index is 1150. The molecule has 0 bridgehead atoms. The lowest BCUT2D eigenvalue weighted by Gasteiger charge is -2.18. The van der Waals surface area contributed by atoms with Crippen molar-refractivity contribution in [3.05, 3.63) is 61.4 Å². The Labute approximate surface area is 189 Å². The van der Waals surface area contributed by atoms with Gasteiger partial charge in [0.05, 0.1) is 39.4 Å². The molecule has 160 valence electrons. The minimum atomic E-state index is -0.529. The van der Waals surface area contributed by atoms with Gasteiger partial charge in [-0.05, 0) is 43.4 Å². The van der Waals surface area contributed by atoms with Gasteiger partial charge in [-0.3, -0.25) is 9.13 Å². The zero-order chi connectivity index (χ0) is 22.0. The third-order valence-corrected chi connectivity index (χ3v) is 5.91. The average Bonchev–Trinajstić information content (AvgIpc) is 3.00. The Morgan fingerprint density at radius 1 is 1.07 bits per heavy atom. The Morgan fingerprint density at radius 3 is 2.37 bits per heavy atom. The number of methoxy groups -OCH3 is 1. The first-order valence-electron chi connectivity index (χ1n) is 9.53. The van der Waals surface area contributed by atoms with E-state index in [0.717, 1.165) is 13.1 Å². The van der Waals surface area contributed by atoms with Gasteiger partial charge in [-0.2, -0.15) is 0 Å². The molecule has 1 heterocycles. The Hall–Kier alpha value is -1.99. The summed E-state index contributed by atoms with van der Waals surface area (Å²) in [6, 6.07) is 8.01. The van der Waals surface area contributed by atoms with Crippen LogP contribution in [0.2, 0.25) is 15.1 Å². The number of ether oxygens (including phenoxy) is 1. The number of esters is 1. The molecule has 0 amide bonds. The number of carbonyl (C=O) groups excluding carboxylic acids is 1. The number of carbonyl (C=O) groups is 1. The lowest BCUT2D eigenvalue weighted by Crippen LogP contribution is -2.31. The van der Waals surface area contributed by atoms with Gasteiger partial charge in [0.15, 0.2) is 0 Å². The fourth-order valence-corrected chi connectivity index (χ4v) is 4.24. The number of halogens is 3. The standard InChI is InChI=1S/C21H22Cl3N3O3/c1-4-25(5-2)8-9-26-18-11-13(20(28)30-3)10-16(24)19(18)27(21(26)29)17-7-6-14(22)12-15(17)23/h6-7,10-12H,4-5,8-9H2,1-3H3. The van der Waals surface area contributed by atoms with Crippen molar-refractivity contribution in [2.45, 2.75) is 20.4 Å². The van der Waals surface area contributed by atoms with Crippen molar-refractivity contribution in [3.63, 3.8) is 0 Å². The minimum Gasteiger partial charge on any atom is -0.465 e. The third kappa shape index (κ3) is 4.23. The molecule has 0 fully saturated rings. The molecule has 3 aromatic rings. The molecular formula is C21H22Cl3N3O3. The summed E-state index contributed by atoms with van der Waals surface area (Å²) >= 11 is 19.0. The van der Waals surface area contributed by atoms with Gasteiger partial charge in [0.25, 0.3) is 0 Å². The van der Waals surface area contributed by atoms with Crippen molar-refractivity contribution in [2.75, 3.05) is 26.7 Å². The van der Waals surface area contributed by atoms with Gasteiger partial charge in [-0.25, -0.2) is 9.59 Å². The van der Waals surface area contributed by atoms with Crippen LogP contribution in [0.25, 0.3) is 16.7 Å². The quantitative estimate of drug-likeness (QED) is 0.462. The van der Waals surface area contributed by atoms with E-state index in [-0.39, 0.29) is 16.3 Å². The van der Waals surface area contributed by atoms with Crippen LogP contribution >= 0.6 is 34.8 Å². The maximum Gasteiger partial charge on any atom is 0.337 e. The Kier molecular flexibility index (Phi) is 7.14. The second kappa shape index (κ2) is 9.43. The molecule has 9 heteroatoms. The first-order chi connectivity index (χ1) is 14.3. The zero-order valence-corrected chi connectivity index (χ0v) is 19.2. The van der Waals surface area contributed by atoms with E-state index >= 15 is 0 Å². The Morgan fingerprint density at radius 2 is 1.77 bits per heavy atom. The van der Waals surface area contributed by atoms with Crippen LogP contribution in [0.3, 0.4) is 0 Å². The molecule has 0 unspecified atom stereocenters. The monoisotopic (exact) mass is 469 g/mol. The molecule has 0 aliphatic heterocycles. The van der Waals surface area contributed by atoms with Gasteiger partial charge < -0.3 is 9.64 Å². The predicted octanol–water partition coefficient (Wildman–Crippen LogP) is 4.88. The summed E-state index contributed by atoms with van der Waals surface area (Å²) in [6.45, 7) is 6.95. The topological polar surface area (TPSA) is 56.5 Å². The number of hydrogen-bond acceptors (Lipinski definition) is 4. The average molecular weight is 471 g/mol. The number of nitrogens with zero attached hydrogens (tertiary/aromatic N) is 3. The predicted molar refractivity (Wildman–Crippen MR) is 122 cm³/mol. The molecule has 0 saturated heterocycles. The summed E-state index contributed by atoms with van der Waals surface area (Å²) in [5.41, 5.74) is 1.44. The van der Waals surface area contributed by atoms with Crippen molar-refractivity contribution in [1.82, 2.24) is 14.0 Å². The van der Waals surface area contributed by atoms with E-state index in [2.05, 4.69) is 18.7 Å². The van der Waals surface area contributed by atoms with Gasteiger partial charge >= 0.3 is 11.7 Å². The van der Waals surface area contributed by atoms with Crippen LogP contribution in [0, 0.1) is 0 Å². The summed E-state index contributed by atoms with van der Waals surface area (Å²) in [4.78, 5) is 27.8. The first kappa shape index (κ1) is 22.7. The summed E-state index contributed by atoms with van der Waals surface area (Å²) in [6.07, 6.45) is 0. The zero-order valence-electron chi connectivity index (χ0n) is 16.9. The molecule has 0 atom stereocenters.